The fourth-order valence-corrected chi connectivity index (χ4v) is 2.46. The van der Waals surface area contributed by atoms with Crippen molar-refractivity contribution in [3.8, 4) is 0 Å². The van der Waals surface area contributed by atoms with Crippen molar-refractivity contribution in [2.75, 3.05) is 0 Å². The van der Waals surface area contributed by atoms with Gasteiger partial charge in [0, 0.05) is 0 Å². The van der Waals surface area contributed by atoms with Gasteiger partial charge < -0.3 is 36.2 Å². The molecule has 1 aliphatic rings. The number of rotatable bonds is 10. The molecule has 0 aliphatic heterocycles. The van der Waals surface area contributed by atoms with Crippen LogP contribution in [0.15, 0.2) is 4.52 Å². The maximum absolute atomic E-state index is 12.0. The van der Waals surface area contributed by atoms with E-state index in [0.717, 1.165) is 12.8 Å². The second-order valence-corrected chi connectivity index (χ2v) is 6.60. The van der Waals surface area contributed by atoms with Crippen LogP contribution in [0, 0.1) is 5.92 Å². The van der Waals surface area contributed by atoms with Crippen LogP contribution in [0.1, 0.15) is 56.4 Å². The van der Waals surface area contributed by atoms with Crippen molar-refractivity contribution in [2.24, 2.45) is 11.7 Å². The predicted octanol–water partition coefficient (Wildman–Crippen LogP) is -0.481. The van der Waals surface area contributed by atoms with E-state index in [-0.39, 0.29) is 11.7 Å². The van der Waals surface area contributed by atoms with E-state index in [4.69, 9.17) is 20.5 Å². The van der Waals surface area contributed by atoms with E-state index in [1.165, 1.54) is 6.92 Å². The molecule has 27 heavy (non-hydrogen) atoms. The molecule has 1 aliphatic carbocycles. The summed E-state index contributed by atoms with van der Waals surface area (Å²) in [6, 6.07) is -4.22. The topological polar surface area (TPSA) is 201 Å². The number of carboxylic acids is 2. The minimum atomic E-state index is -1.57. The van der Waals surface area contributed by atoms with Gasteiger partial charge in [-0.15, -0.1) is 0 Å². The smallest absolute Gasteiger partial charge is 0.328 e. The van der Waals surface area contributed by atoms with Gasteiger partial charge >= 0.3 is 18.0 Å². The molecule has 2 amide bonds. The average Bonchev–Trinajstić information content (AvgIpc) is 3.23. The molecule has 2 unspecified atom stereocenters. The van der Waals surface area contributed by atoms with E-state index in [0.29, 0.717) is 12.3 Å². The molecule has 0 aromatic carbocycles. The predicted molar refractivity (Wildman–Crippen MR) is 88.3 cm³/mol. The third-order valence-corrected chi connectivity index (χ3v) is 4.09. The Morgan fingerprint density at radius 3 is 2.48 bits per heavy atom. The maximum atomic E-state index is 12.0. The molecule has 2 rings (SSSR count). The van der Waals surface area contributed by atoms with Crippen LogP contribution in [-0.4, -0.2) is 55.6 Å². The molecule has 0 bridgehead atoms. The molecular weight excluding hydrogens is 362 g/mol. The second kappa shape index (κ2) is 8.77. The number of urea groups is 1. The van der Waals surface area contributed by atoms with Gasteiger partial charge in [-0.1, -0.05) is 18.0 Å². The van der Waals surface area contributed by atoms with Crippen molar-refractivity contribution in [2.45, 2.75) is 56.8 Å². The highest BCUT2D eigenvalue weighted by Crippen LogP contribution is 2.36. The quantitative estimate of drug-likeness (QED) is 0.305. The minimum absolute atomic E-state index is 0.155. The number of hydrogen-bond donors (Lipinski definition) is 6. The lowest BCUT2D eigenvalue weighted by molar-refractivity contribution is -0.142. The van der Waals surface area contributed by atoms with Gasteiger partial charge in [0.1, 0.15) is 6.04 Å². The first-order chi connectivity index (χ1) is 12.7. The number of amides is 2. The summed E-state index contributed by atoms with van der Waals surface area (Å²) in [5.41, 5.74) is 5.99. The number of nitrogens with two attached hydrogens (primary N) is 1. The third kappa shape index (κ3) is 6.18. The number of aromatic nitrogens is 2. The van der Waals surface area contributed by atoms with Crippen molar-refractivity contribution < 1.29 is 34.2 Å². The number of carbonyl (C=O) groups is 3. The number of carboxylic acid groups (broad SMARTS) is 2. The van der Waals surface area contributed by atoms with Crippen molar-refractivity contribution in [3.05, 3.63) is 11.7 Å². The monoisotopic (exact) mass is 385 g/mol. The molecule has 12 heteroatoms. The van der Waals surface area contributed by atoms with E-state index in [9.17, 15) is 19.5 Å². The molecule has 12 nitrogen and oxygen atoms in total. The van der Waals surface area contributed by atoms with Crippen LogP contribution in [0.3, 0.4) is 0 Å². The molecule has 1 aromatic rings. The first-order valence-electron chi connectivity index (χ1n) is 8.46. The Kier molecular flexibility index (Phi) is 6.69. The fraction of sp³-hybridized carbons (Fsp3) is 0.667. The summed E-state index contributed by atoms with van der Waals surface area (Å²) in [5.74, 6) is -2.11. The molecule has 1 saturated carbocycles. The number of aliphatic carboxylic acids is 2. The summed E-state index contributed by atoms with van der Waals surface area (Å²) in [4.78, 5) is 38.2. The van der Waals surface area contributed by atoms with Crippen molar-refractivity contribution in [1.82, 2.24) is 20.8 Å². The van der Waals surface area contributed by atoms with Gasteiger partial charge in [0.25, 0.3) is 0 Å². The van der Waals surface area contributed by atoms with E-state index in [2.05, 4.69) is 15.5 Å². The Morgan fingerprint density at radius 2 is 1.96 bits per heavy atom. The molecule has 1 heterocycles. The van der Waals surface area contributed by atoms with Crippen molar-refractivity contribution in [1.29, 1.82) is 0 Å². The summed E-state index contributed by atoms with van der Waals surface area (Å²) in [6.07, 6.45) is 0.942. The number of nitrogens with zero attached hydrogens (tertiary/aromatic N) is 2. The van der Waals surface area contributed by atoms with Crippen LogP contribution in [-0.2, 0) is 9.59 Å². The van der Waals surface area contributed by atoms with Crippen molar-refractivity contribution in [3.63, 3.8) is 0 Å². The van der Waals surface area contributed by atoms with Gasteiger partial charge in [-0.3, -0.25) is 4.79 Å². The van der Waals surface area contributed by atoms with Gasteiger partial charge in [0.2, 0.25) is 5.89 Å². The van der Waals surface area contributed by atoms with Crippen LogP contribution in [0.2, 0.25) is 0 Å². The highest BCUT2D eigenvalue weighted by Gasteiger charge is 2.31. The van der Waals surface area contributed by atoms with Crippen LogP contribution in [0.4, 0.5) is 4.79 Å². The van der Waals surface area contributed by atoms with Gasteiger partial charge in [0.15, 0.2) is 11.9 Å². The van der Waals surface area contributed by atoms with E-state index < -0.39 is 48.6 Å². The molecule has 4 atom stereocenters. The second-order valence-electron chi connectivity index (χ2n) is 6.60. The first-order valence-corrected chi connectivity index (χ1v) is 8.46. The van der Waals surface area contributed by atoms with Crippen LogP contribution < -0.4 is 16.4 Å². The molecule has 0 radical (unpaired) electrons. The third-order valence-electron chi connectivity index (χ3n) is 4.09. The van der Waals surface area contributed by atoms with Crippen molar-refractivity contribution >= 4 is 18.0 Å². The Bertz CT molecular complexity index is 688. The SMILES string of the molecule is CC(O)C(NC(=O)N[C@@H](CC(=O)O)c1nc([C@H](N)CC2CC2)no1)C(=O)O. The Morgan fingerprint density at radius 1 is 1.30 bits per heavy atom. The van der Waals surface area contributed by atoms with E-state index in [1.807, 2.05) is 5.32 Å². The average molecular weight is 385 g/mol. The molecular formula is C15H23N5O7. The number of hydrogen-bond acceptors (Lipinski definition) is 8. The Hall–Kier alpha value is -2.73. The normalized spacial score (nSPS) is 18.2. The Labute approximate surface area is 154 Å². The molecule has 1 aromatic heterocycles. The molecule has 1 fully saturated rings. The van der Waals surface area contributed by atoms with Crippen LogP contribution in [0.25, 0.3) is 0 Å². The number of nitrogens with one attached hydrogen (secondary N) is 2. The lowest BCUT2D eigenvalue weighted by Gasteiger charge is -2.19. The summed E-state index contributed by atoms with van der Waals surface area (Å²) in [6.45, 7) is 1.19. The number of carbonyl (C=O) groups excluding carboxylic acids is 1. The fourth-order valence-electron chi connectivity index (χ4n) is 2.46. The standard InChI is InChI=1S/C15H23N5O7/c1-6(21)11(14(24)25)18-15(26)17-9(5-10(22)23)13-19-12(20-27-13)8(16)4-7-2-3-7/h6-9,11,21H,2-5,16H2,1H3,(H,22,23)(H,24,25)(H2,17,18,26)/t6?,8-,9+,11?/m1/s1. The highest BCUT2D eigenvalue weighted by molar-refractivity contribution is 5.83. The van der Waals surface area contributed by atoms with Gasteiger partial charge in [-0.05, 0) is 19.3 Å². The number of aliphatic hydroxyl groups excluding tert-OH is 1. The Balaban J connectivity index is 2.05. The summed E-state index contributed by atoms with van der Waals surface area (Å²) >= 11 is 0. The molecule has 0 saturated heterocycles. The zero-order chi connectivity index (χ0) is 20.1. The molecule has 0 spiro atoms. The van der Waals surface area contributed by atoms with Gasteiger partial charge in [-0.2, -0.15) is 4.98 Å². The first kappa shape index (κ1) is 20.6. The number of aliphatic hydroxyl groups is 1. The molecule has 150 valence electrons. The largest absolute Gasteiger partial charge is 0.481 e. The maximum Gasteiger partial charge on any atom is 0.328 e. The van der Waals surface area contributed by atoms with E-state index >= 15 is 0 Å². The summed E-state index contributed by atoms with van der Waals surface area (Å²) in [7, 11) is 0. The minimum Gasteiger partial charge on any atom is -0.481 e. The van der Waals surface area contributed by atoms with Crippen LogP contribution in [0.5, 0.6) is 0 Å². The van der Waals surface area contributed by atoms with Gasteiger partial charge in [0.05, 0.1) is 18.6 Å². The van der Waals surface area contributed by atoms with Gasteiger partial charge in [-0.25, -0.2) is 9.59 Å². The molecule has 7 N–H and O–H groups in total. The summed E-state index contributed by atoms with van der Waals surface area (Å²) in [5, 5.41) is 35.5. The highest BCUT2D eigenvalue weighted by atomic mass is 16.5. The van der Waals surface area contributed by atoms with E-state index in [1.54, 1.807) is 0 Å². The zero-order valence-corrected chi connectivity index (χ0v) is 14.7. The summed E-state index contributed by atoms with van der Waals surface area (Å²) < 4.78 is 5.04. The zero-order valence-electron chi connectivity index (χ0n) is 14.7. The van der Waals surface area contributed by atoms with Crippen LogP contribution >= 0.6 is 0 Å². The lowest BCUT2D eigenvalue weighted by atomic mass is 10.1. The lowest BCUT2D eigenvalue weighted by Crippen LogP contribution is -2.51.